The Morgan fingerprint density at radius 1 is 0.950 bits per heavy atom. The number of β-lactam (4-membered cyclic amide) rings is 1. The van der Waals surface area contributed by atoms with E-state index >= 15 is 0 Å². The minimum absolute atomic E-state index is 0.0308. The molecule has 3 aromatic rings. The number of amides is 2. The molecular formula is C32H30N2O5S. The van der Waals surface area contributed by atoms with E-state index in [2.05, 4.69) is 5.32 Å². The number of carbonyl (C=O) groups is 3. The standard InChI is InChI=1S/C32H30N2O5S/c35-19-11-10-18-25-21-40-31-27(33-26(36)20-22-12-4-1-5-13-22)30(37)34(31)28(25)32(38)39-29(23-14-6-2-7-15-23)24-16-8-3-9-17-24/h1-10,12-18,21,27-29,31,35H,11,19-20H2,(H,33,36)/b18-10+/t27-,28-,31-/m1/s1. The fraction of sp³-hybridized carbons (Fsp3) is 0.219. The lowest BCUT2D eigenvalue weighted by Gasteiger charge is -2.51. The Kier molecular flexibility index (Phi) is 8.78. The number of nitrogens with zero attached hydrogens (tertiary/aromatic N) is 1. The van der Waals surface area contributed by atoms with Crippen molar-refractivity contribution in [2.24, 2.45) is 0 Å². The minimum atomic E-state index is -0.981. The van der Waals surface area contributed by atoms with Crippen LogP contribution in [0.1, 0.15) is 29.2 Å². The Bertz CT molecular complexity index is 1360. The average molecular weight is 555 g/mol. The van der Waals surface area contributed by atoms with Gasteiger partial charge in [0.05, 0.1) is 6.42 Å². The first kappa shape index (κ1) is 27.4. The van der Waals surface area contributed by atoms with Gasteiger partial charge in [-0.05, 0) is 34.1 Å². The van der Waals surface area contributed by atoms with Gasteiger partial charge in [0.25, 0.3) is 0 Å². The van der Waals surface area contributed by atoms with Crippen molar-refractivity contribution in [1.82, 2.24) is 10.2 Å². The van der Waals surface area contributed by atoms with E-state index in [0.717, 1.165) is 16.7 Å². The molecule has 3 atom stereocenters. The first-order chi connectivity index (χ1) is 19.6. The Morgan fingerprint density at radius 3 is 2.15 bits per heavy atom. The van der Waals surface area contributed by atoms with E-state index in [4.69, 9.17) is 4.74 Å². The molecule has 0 aliphatic carbocycles. The molecule has 2 amide bonds. The zero-order chi connectivity index (χ0) is 27.9. The monoisotopic (exact) mass is 554 g/mol. The van der Waals surface area contributed by atoms with Crippen LogP contribution in [-0.2, 0) is 25.5 Å². The normalized spacial score (nSPS) is 20.1. The lowest BCUT2D eigenvalue weighted by atomic mass is 9.96. The van der Waals surface area contributed by atoms with Crippen LogP contribution in [0.25, 0.3) is 0 Å². The van der Waals surface area contributed by atoms with Crippen molar-refractivity contribution in [2.75, 3.05) is 6.61 Å². The number of fused-ring (bicyclic) bond motifs is 1. The quantitative estimate of drug-likeness (QED) is 0.289. The third-order valence-corrected chi connectivity index (χ3v) is 8.00. The smallest absolute Gasteiger partial charge is 0.334 e. The van der Waals surface area contributed by atoms with Crippen molar-refractivity contribution in [1.29, 1.82) is 0 Å². The number of aliphatic hydroxyl groups is 1. The second-order valence-electron chi connectivity index (χ2n) is 9.55. The van der Waals surface area contributed by atoms with E-state index in [9.17, 15) is 19.5 Å². The highest BCUT2D eigenvalue weighted by Gasteiger charge is 2.56. The van der Waals surface area contributed by atoms with Crippen molar-refractivity contribution >= 4 is 29.5 Å². The van der Waals surface area contributed by atoms with Crippen LogP contribution in [-0.4, -0.2) is 51.9 Å². The van der Waals surface area contributed by atoms with Crippen molar-refractivity contribution in [3.05, 3.63) is 131 Å². The number of nitrogens with one attached hydrogen (secondary N) is 1. The molecule has 5 rings (SSSR count). The fourth-order valence-corrected chi connectivity index (χ4v) is 6.06. The van der Waals surface area contributed by atoms with Crippen molar-refractivity contribution in [3.63, 3.8) is 0 Å². The summed E-state index contributed by atoms with van der Waals surface area (Å²) in [5.74, 6) is -1.15. The molecular weight excluding hydrogens is 524 g/mol. The molecule has 1 saturated heterocycles. The van der Waals surface area contributed by atoms with E-state index in [-0.39, 0.29) is 24.8 Å². The first-order valence-electron chi connectivity index (χ1n) is 13.2. The number of benzene rings is 3. The molecule has 2 heterocycles. The molecule has 0 spiro atoms. The third-order valence-electron chi connectivity index (χ3n) is 6.81. The van der Waals surface area contributed by atoms with Crippen LogP contribution in [0.15, 0.2) is 114 Å². The third kappa shape index (κ3) is 6.03. The van der Waals surface area contributed by atoms with Gasteiger partial charge in [-0.15, -0.1) is 11.8 Å². The largest absolute Gasteiger partial charge is 0.451 e. The molecule has 2 N–H and O–H groups in total. The van der Waals surface area contributed by atoms with Crippen LogP contribution in [0.3, 0.4) is 0 Å². The number of thioether (sulfide) groups is 1. The molecule has 204 valence electrons. The summed E-state index contributed by atoms with van der Waals surface area (Å²) < 4.78 is 6.14. The SMILES string of the molecule is O=C(Cc1ccccc1)N[C@@H]1C(=O)N2[C@@H](C(=O)OC(c3ccccc3)c3ccccc3)C(/C=C/CCO)=CS[C@H]12. The fourth-order valence-electron chi connectivity index (χ4n) is 4.86. The molecule has 2 aliphatic heterocycles. The van der Waals surface area contributed by atoms with Gasteiger partial charge in [-0.25, -0.2) is 4.79 Å². The number of rotatable bonds is 10. The van der Waals surface area contributed by atoms with Gasteiger partial charge in [0.2, 0.25) is 11.8 Å². The van der Waals surface area contributed by atoms with Gasteiger partial charge in [-0.2, -0.15) is 0 Å². The van der Waals surface area contributed by atoms with Crippen LogP contribution in [0.4, 0.5) is 0 Å². The first-order valence-corrected chi connectivity index (χ1v) is 14.1. The zero-order valence-electron chi connectivity index (χ0n) is 21.8. The summed E-state index contributed by atoms with van der Waals surface area (Å²) in [6.07, 6.45) is 3.43. The second-order valence-corrected chi connectivity index (χ2v) is 10.5. The van der Waals surface area contributed by atoms with E-state index < -0.39 is 29.5 Å². The van der Waals surface area contributed by atoms with Crippen LogP contribution in [0.2, 0.25) is 0 Å². The van der Waals surface area contributed by atoms with E-state index in [1.165, 1.54) is 16.7 Å². The molecule has 0 aromatic heterocycles. The molecule has 2 aliphatic rings. The predicted molar refractivity (Wildman–Crippen MR) is 154 cm³/mol. The maximum absolute atomic E-state index is 13.9. The lowest BCUT2D eigenvalue weighted by molar-refractivity contribution is -0.165. The van der Waals surface area contributed by atoms with Crippen molar-refractivity contribution in [2.45, 2.75) is 36.4 Å². The number of aliphatic hydroxyl groups excluding tert-OH is 1. The maximum Gasteiger partial charge on any atom is 0.334 e. The molecule has 7 nitrogen and oxygen atoms in total. The average Bonchev–Trinajstić information content (AvgIpc) is 2.99. The van der Waals surface area contributed by atoms with Gasteiger partial charge in [0, 0.05) is 6.61 Å². The van der Waals surface area contributed by atoms with Crippen LogP contribution in [0.5, 0.6) is 0 Å². The van der Waals surface area contributed by atoms with E-state index in [0.29, 0.717) is 12.0 Å². The summed E-state index contributed by atoms with van der Waals surface area (Å²) >= 11 is 1.38. The van der Waals surface area contributed by atoms with Gasteiger partial charge < -0.3 is 20.1 Å². The van der Waals surface area contributed by atoms with Crippen LogP contribution < -0.4 is 5.32 Å². The summed E-state index contributed by atoms with van der Waals surface area (Å²) in [6, 6.07) is 26.5. The van der Waals surface area contributed by atoms with Gasteiger partial charge in [-0.3, -0.25) is 9.59 Å². The van der Waals surface area contributed by atoms with Crippen LogP contribution in [0, 0.1) is 0 Å². The van der Waals surface area contributed by atoms with Gasteiger partial charge >= 0.3 is 5.97 Å². The van der Waals surface area contributed by atoms with E-state index in [1.807, 2.05) is 96.4 Å². The number of hydrogen-bond acceptors (Lipinski definition) is 6. The summed E-state index contributed by atoms with van der Waals surface area (Å²) in [5.41, 5.74) is 3.07. The number of ether oxygens (including phenoxy) is 1. The Labute approximate surface area is 237 Å². The van der Waals surface area contributed by atoms with Crippen LogP contribution >= 0.6 is 11.8 Å². The number of esters is 1. The molecule has 0 radical (unpaired) electrons. The Balaban J connectivity index is 1.38. The molecule has 3 aromatic carbocycles. The number of hydrogen-bond donors (Lipinski definition) is 2. The minimum Gasteiger partial charge on any atom is -0.451 e. The van der Waals surface area contributed by atoms with Gasteiger partial charge in [0.15, 0.2) is 12.1 Å². The highest BCUT2D eigenvalue weighted by molar-refractivity contribution is 8.03. The van der Waals surface area contributed by atoms with Gasteiger partial charge in [0.1, 0.15) is 11.4 Å². The Hall–Kier alpha value is -4.14. The number of carbonyl (C=O) groups excluding carboxylic acids is 3. The Morgan fingerprint density at radius 2 is 1.55 bits per heavy atom. The molecule has 0 saturated carbocycles. The van der Waals surface area contributed by atoms with Crippen molar-refractivity contribution in [3.8, 4) is 0 Å². The van der Waals surface area contributed by atoms with Crippen molar-refractivity contribution < 1.29 is 24.2 Å². The summed E-state index contributed by atoms with van der Waals surface area (Å²) in [7, 11) is 0. The highest BCUT2D eigenvalue weighted by atomic mass is 32.2. The maximum atomic E-state index is 13.9. The second kappa shape index (κ2) is 12.8. The summed E-state index contributed by atoms with van der Waals surface area (Å²) in [5, 5.41) is 13.5. The summed E-state index contributed by atoms with van der Waals surface area (Å²) in [6.45, 7) is -0.0308. The molecule has 40 heavy (non-hydrogen) atoms. The zero-order valence-corrected chi connectivity index (χ0v) is 22.6. The molecule has 0 bridgehead atoms. The molecule has 8 heteroatoms. The van der Waals surface area contributed by atoms with Gasteiger partial charge in [-0.1, -0.05) is 103 Å². The highest BCUT2D eigenvalue weighted by Crippen LogP contribution is 2.41. The predicted octanol–water partition coefficient (Wildman–Crippen LogP) is 4.15. The lowest BCUT2D eigenvalue weighted by Crippen LogP contribution is -2.74. The van der Waals surface area contributed by atoms with E-state index in [1.54, 1.807) is 12.2 Å². The molecule has 1 fully saturated rings. The summed E-state index contributed by atoms with van der Waals surface area (Å²) in [4.78, 5) is 41.5. The molecule has 0 unspecified atom stereocenters. The topological polar surface area (TPSA) is 95.9 Å².